The van der Waals surface area contributed by atoms with E-state index in [2.05, 4.69) is 4.98 Å². The second kappa shape index (κ2) is 9.06. The van der Waals surface area contributed by atoms with Crippen molar-refractivity contribution in [1.29, 1.82) is 0 Å². The first kappa shape index (κ1) is 21.9. The average Bonchev–Trinajstić information content (AvgIpc) is 3.25. The van der Waals surface area contributed by atoms with Gasteiger partial charge in [-0.25, -0.2) is 4.98 Å². The van der Waals surface area contributed by atoms with E-state index < -0.39 is 10.0 Å². The highest BCUT2D eigenvalue weighted by molar-refractivity contribution is 7.94. The van der Waals surface area contributed by atoms with Crippen molar-refractivity contribution in [2.24, 2.45) is 0 Å². The number of nitrogens with zero attached hydrogens (tertiary/aromatic N) is 2. The van der Waals surface area contributed by atoms with Gasteiger partial charge < -0.3 is 4.74 Å². The molecule has 158 valence electrons. The van der Waals surface area contributed by atoms with Crippen LogP contribution in [0.4, 0.5) is 5.13 Å². The summed E-state index contributed by atoms with van der Waals surface area (Å²) < 4.78 is 31.8. The van der Waals surface area contributed by atoms with E-state index in [-0.39, 0.29) is 10.0 Å². The zero-order chi connectivity index (χ0) is 22.0. The summed E-state index contributed by atoms with van der Waals surface area (Å²) in [6.45, 7) is 0. The number of anilines is 1. The fourth-order valence-corrected chi connectivity index (χ4v) is 5.44. The van der Waals surface area contributed by atoms with Crippen molar-refractivity contribution < 1.29 is 13.2 Å². The van der Waals surface area contributed by atoms with Crippen LogP contribution < -0.4 is 8.56 Å². The predicted molar refractivity (Wildman–Crippen MR) is 126 cm³/mol. The van der Waals surface area contributed by atoms with Gasteiger partial charge in [0.15, 0.2) is 0 Å². The quantitative estimate of drug-likeness (QED) is 0.256. The first-order valence-corrected chi connectivity index (χ1v) is 12.2. The van der Waals surface area contributed by atoms with Crippen molar-refractivity contribution in [3.05, 3.63) is 88.2 Å². The van der Waals surface area contributed by atoms with Gasteiger partial charge in [-0.1, -0.05) is 41.4 Å². The van der Waals surface area contributed by atoms with Crippen molar-refractivity contribution in [2.45, 2.75) is 4.90 Å². The summed E-state index contributed by atoms with van der Waals surface area (Å²) in [4.78, 5) is 4.42. The van der Waals surface area contributed by atoms with E-state index in [4.69, 9.17) is 39.7 Å². The third-order valence-corrected chi connectivity index (χ3v) is 7.93. The lowest BCUT2D eigenvalue weighted by Crippen LogP contribution is -2.21. The summed E-state index contributed by atoms with van der Waals surface area (Å²) in [5.41, 5.74) is 1.12. The zero-order valence-corrected chi connectivity index (χ0v) is 19.5. The Balaban J connectivity index is 1.56. The Kier molecular flexibility index (Phi) is 6.41. The van der Waals surface area contributed by atoms with Crippen LogP contribution in [-0.2, 0) is 10.0 Å². The van der Waals surface area contributed by atoms with Crippen LogP contribution in [0.1, 0.15) is 0 Å². The average molecular weight is 512 g/mol. The number of sulfonamides is 1. The van der Waals surface area contributed by atoms with E-state index >= 15 is 0 Å². The maximum atomic E-state index is 12.7. The Morgan fingerprint density at radius 1 is 0.903 bits per heavy atom. The van der Waals surface area contributed by atoms with Crippen molar-refractivity contribution in [3.8, 4) is 22.8 Å². The fourth-order valence-electron chi connectivity index (χ4n) is 2.66. The molecule has 3 aromatic carbocycles. The summed E-state index contributed by atoms with van der Waals surface area (Å²) >= 11 is 19.5. The number of hydrogen-bond acceptors (Lipinski definition) is 5. The number of thiazole rings is 1. The van der Waals surface area contributed by atoms with Gasteiger partial charge in [-0.15, -0.1) is 15.2 Å². The summed E-state index contributed by atoms with van der Waals surface area (Å²) in [5.74, 6) is 1.16. The molecule has 5 nitrogen and oxygen atoms in total. The van der Waals surface area contributed by atoms with Gasteiger partial charge in [-0.2, -0.15) is 8.42 Å². The smallest absolute Gasteiger partial charge is 0.280 e. The third-order valence-electron chi connectivity index (χ3n) is 4.16. The van der Waals surface area contributed by atoms with E-state index in [1.807, 2.05) is 0 Å². The number of rotatable bonds is 6. The molecule has 0 radical (unpaired) electrons. The lowest BCUT2D eigenvalue weighted by atomic mass is 10.1. The van der Waals surface area contributed by atoms with Crippen LogP contribution in [0.2, 0.25) is 10.0 Å². The molecule has 0 fully saturated rings. The SMILES string of the molecule is O=S(=O)(c1ccccc1)N(Cl)c1nc(-c2ccc(Oc3ccc(Cl)cc3)cc2Cl)cs1. The topological polar surface area (TPSA) is 59.5 Å². The van der Waals surface area contributed by atoms with Crippen molar-refractivity contribution >= 4 is 61.5 Å². The molecule has 0 saturated heterocycles. The molecule has 0 N–H and O–H groups in total. The first-order valence-electron chi connectivity index (χ1n) is 8.79. The molecular formula is C21H13Cl3N2O3S2. The molecule has 1 aromatic heterocycles. The van der Waals surface area contributed by atoms with E-state index in [0.29, 0.717) is 36.6 Å². The number of halogens is 3. The van der Waals surface area contributed by atoms with Gasteiger partial charge in [0, 0.05) is 33.8 Å². The highest BCUT2D eigenvalue weighted by Crippen LogP contribution is 2.37. The highest BCUT2D eigenvalue weighted by atomic mass is 35.5. The van der Waals surface area contributed by atoms with Gasteiger partial charge in [0.2, 0.25) is 5.13 Å². The van der Waals surface area contributed by atoms with Gasteiger partial charge in [0.05, 0.1) is 15.6 Å². The zero-order valence-electron chi connectivity index (χ0n) is 15.6. The first-order chi connectivity index (χ1) is 14.8. The summed E-state index contributed by atoms with van der Waals surface area (Å²) in [6, 6.07) is 20.0. The fraction of sp³-hybridized carbons (Fsp3) is 0. The molecule has 0 saturated carbocycles. The minimum atomic E-state index is -3.93. The molecular weight excluding hydrogens is 499 g/mol. The molecule has 0 aliphatic heterocycles. The Hall–Kier alpha value is -2.29. The molecule has 0 aliphatic carbocycles. The maximum Gasteiger partial charge on any atom is 0.280 e. The Morgan fingerprint density at radius 2 is 1.58 bits per heavy atom. The molecule has 0 bridgehead atoms. The van der Waals surface area contributed by atoms with Crippen molar-refractivity contribution in [3.63, 3.8) is 0 Å². The summed E-state index contributed by atoms with van der Waals surface area (Å²) in [5, 5.41) is 2.81. The summed E-state index contributed by atoms with van der Waals surface area (Å²) in [6.07, 6.45) is 0. The van der Waals surface area contributed by atoms with Gasteiger partial charge in [-0.05, 0) is 48.5 Å². The minimum Gasteiger partial charge on any atom is -0.457 e. The Morgan fingerprint density at radius 3 is 2.26 bits per heavy atom. The van der Waals surface area contributed by atoms with E-state index in [9.17, 15) is 8.42 Å². The monoisotopic (exact) mass is 510 g/mol. The number of aromatic nitrogens is 1. The van der Waals surface area contributed by atoms with Gasteiger partial charge >= 0.3 is 0 Å². The number of ether oxygens (including phenoxy) is 1. The molecule has 0 unspecified atom stereocenters. The largest absolute Gasteiger partial charge is 0.457 e. The molecule has 4 aromatic rings. The highest BCUT2D eigenvalue weighted by Gasteiger charge is 2.26. The molecule has 10 heteroatoms. The van der Waals surface area contributed by atoms with Gasteiger partial charge in [0.25, 0.3) is 10.0 Å². The van der Waals surface area contributed by atoms with E-state index in [1.165, 1.54) is 12.1 Å². The summed E-state index contributed by atoms with van der Waals surface area (Å²) in [7, 11) is -3.93. The molecule has 4 rings (SSSR count). The minimum absolute atomic E-state index is 0.0727. The van der Waals surface area contributed by atoms with Crippen LogP contribution in [0.5, 0.6) is 11.5 Å². The number of benzene rings is 3. The predicted octanol–water partition coefficient (Wildman–Crippen LogP) is 7.26. The second-order valence-electron chi connectivity index (χ2n) is 6.25. The van der Waals surface area contributed by atoms with Crippen molar-refractivity contribution in [1.82, 2.24) is 4.98 Å². The number of hydrogen-bond donors (Lipinski definition) is 0. The molecule has 0 aliphatic rings. The van der Waals surface area contributed by atoms with Crippen LogP contribution in [0.15, 0.2) is 83.1 Å². The van der Waals surface area contributed by atoms with Crippen LogP contribution in [0.3, 0.4) is 0 Å². The van der Waals surface area contributed by atoms with Crippen LogP contribution in [0.25, 0.3) is 11.3 Å². The maximum absolute atomic E-state index is 12.7. The van der Waals surface area contributed by atoms with Crippen LogP contribution in [0, 0.1) is 0 Å². The molecule has 31 heavy (non-hydrogen) atoms. The normalized spacial score (nSPS) is 11.3. The van der Waals surface area contributed by atoms with Gasteiger partial charge in [0.1, 0.15) is 11.5 Å². The molecule has 1 heterocycles. The lowest BCUT2D eigenvalue weighted by Gasteiger charge is -2.12. The van der Waals surface area contributed by atoms with E-state index in [1.54, 1.807) is 66.0 Å². The molecule has 0 atom stereocenters. The van der Waals surface area contributed by atoms with E-state index in [0.717, 1.165) is 11.3 Å². The Bertz CT molecular complexity index is 1310. The van der Waals surface area contributed by atoms with Crippen molar-refractivity contribution in [2.75, 3.05) is 3.82 Å². The molecule has 0 amide bonds. The standard InChI is InChI=1S/C21H13Cl3N2O3S2/c22-14-6-8-15(9-7-14)29-16-10-11-18(19(23)12-16)20-13-30-21(25-20)26(24)31(27,28)17-4-2-1-3-5-17/h1-13H. The second-order valence-corrected chi connectivity index (χ2v) is 10.3. The van der Waals surface area contributed by atoms with Crippen LogP contribution in [-0.4, -0.2) is 13.4 Å². The van der Waals surface area contributed by atoms with Crippen LogP contribution >= 0.6 is 46.3 Å². The lowest BCUT2D eigenvalue weighted by molar-refractivity contribution is 0.483. The molecule has 0 spiro atoms. The Labute approximate surface area is 198 Å². The van der Waals surface area contributed by atoms with Gasteiger partial charge in [-0.3, -0.25) is 0 Å². The third kappa shape index (κ3) is 4.81.